The van der Waals surface area contributed by atoms with Crippen molar-refractivity contribution in [2.24, 2.45) is 4.99 Å². The summed E-state index contributed by atoms with van der Waals surface area (Å²) in [5.41, 5.74) is 0. The van der Waals surface area contributed by atoms with Gasteiger partial charge in [-0.2, -0.15) is 0 Å². The van der Waals surface area contributed by atoms with Gasteiger partial charge in [-0.1, -0.05) is 0 Å². The van der Waals surface area contributed by atoms with Gasteiger partial charge in [0.05, 0.1) is 11.1 Å². The van der Waals surface area contributed by atoms with Gasteiger partial charge in [-0.05, 0) is 26.7 Å². The van der Waals surface area contributed by atoms with Crippen LogP contribution in [0.15, 0.2) is 4.99 Å². The summed E-state index contributed by atoms with van der Waals surface area (Å²) in [6.07, 6.45) is 1.99. The topological polar surface area (TPSA) is 32.6 Å². The summed E-state index contributed by atoms with van der Waals surface area (Å²) in [7, 11) is 0. The fourth-order valence-electron chi connectivity index (χ4n) is 1.31. The number of thioether (sulfide) groups is 1. The third kappa shape index (κ3) is 2.49. The van der Waals surface area contributed by atoms with Crippen molar-refractivity contribution in [1.29, 1.82) is 0 Å². The van der Waals surface area contributed by atoms with Crippen LogP contribution < -0.4 is 0 Å². The summed E-state index contributed by atoms with van der Waals surface area (Å²) in [6.45, 7) is 4.51. The van der Waals surface area contributed by atoms with Crippen LogP contribution in [0.1, 0.15) is 26.7 Å². The number of hydrogen-bond acceptors (Lipinski definition) is 3. The smallest absolute Gasteiger partial charge is 0.0652 e. The molecule has 0 fully saturated rings. The normalized spacial score (nSPS) is 30.6. The third-order valence-electron chi connectivity index (χ3n) is 1.89. The van der Waals surface area contributed by atoms with Crippen LogP contribution in [0.3, 0.4) is 0 Å². The van der Waals surface area contributed by atoms with Crippen molar-refractivity contribution in [3.8, 4) is 0 Å². The van der Waals surface area contributed by atoms with Crippen molar-refractivity contribution in [2.75, 3.05) is 6.61 Å². The van der Waals surface area contributed by atoms with Crippen LogP contribution in [0.5, 0.6) is 0 Å². The second-order valence-electron chi connectivity index (χ2n) is 2.91. The lowest BCUT2D eigenvalue weighted by molar-refractivity contribution is 0.283. The summed E-state index contributed by atoms with van der Waals surface area (Å²) in [6, 6.07) is 0.451. The third-order valence-corrected chi connectivity index (χ3v) is 3.27. The number of rotatable bonds is 3. The largest absolute Gasteiger partial charge is 0.396 e. The van der Waals surface area contributed by atoms with Gasteiger partial charge >= 0.3 is 0 Å². The molecule has 2 nitrogen and oxygen atoms in total. The van der Waals surface area contributed by atoms with Crippen LogP contribution >= 0.6 is 11.8 Å². The zero-order valence-corrected chi connectivity index (χ0v) is 7.90. The second-order valence-corrected chi connectivity index (χ2v) is 4.34. The molecule has 1 rings (SSSR count). The zero-order chi connectivity index (χ0) is 8.27. The molecule has 2 unspecified atom stereocenters. The Labute approximate surface area is 72.1 Å². The van der Waals surface area contributed by atoms with E-state index in [1.807, 2.05) is 11.8 Å². The molecule has 0 aromatic heterocycles. The summed E-state index contributed by atoms with van der Waals surface area (Å²) in [4.78, 5) is 4.42. The molecule has 64 valence electrons. The zero-order valence-electron chi connectivity index (χ0n) is 7.08. The predicted octanol–water partition coefficient (Wildman–Crippen LogP) is 1.68. The lowest BCUT2D eigenvalue weighted by atomic mass is 10.1. The molecule has 0 bridgehead atoms. The van der Waals surface area contributed by atoms with E-state index in [4.69, 9.17) is 5.11 Å². The molecule has 1 aliphatic rings. The quantitative estimate of drug-likeness (QED) is 0.704. The molecule has 0 saturated heterocycles. The van der Waals surface area contributed by atoms with Crippen LogP contribution in [0.2, 0.25) is 0 Å². The van der Waals surface area contributed by atoms with Crippen molar-refractivity contribution < 1.29 is 5.11 Å². The van der Waals surface area contributed by atoms with Crippen LogP contribution in [-0.2, 0) is 0 Å². The van der Waals surface area contributed by atoms with E-state index in [2.05, 4.69) is 18.8 Å². The first-order valence-corrected chi connectivity index (χ1v) is 4.94. The molecule has 0 spiro atoms. The van der Waals surface area contributed by atoms with Crippen molar-refractivity contribution >= 4 is 16.8 Å². The van der Waals surface area contributed by atoms with E-state index < -0.39 is 0 Å². The second kappa shape index (κ2) is 4.12. The van der Waals surface area contributed by atoms with E-state index in [0.717, 1.165) is 12.8 Å². The molecule has 0 saturated carbocycles. The van der Waals surface area contributed by atoms with Gasteiger partial charge < -0.3 is 5.11 Å². The molecule has 0 amide bonds. The van der Waals surface area contributed by atoms with E-state index in [1.165, 1.54) is 5.04 Å². The molecule has 0 aliphatic carbocycles. The standard InChI is InChI=1S/C8H15NOS/c1-6-8(4-3-5-10)11-7(2)9-6/h6,8,10H,3-5H2,1-2H3. The fraction of sp³-hybridized carbons (Fsp3) is 0.875. The van der Waals surface area contributed by atoms with E-state index in [1.54, 1.807) is 0 Å². The van der Waals surface area contributed by atoms with Crippen molar-refractivity contribution in [3.63, 3.8) is 0 Å². The minimum Gasteiger partial charge on any atom is -0.396 e. The van der Waals surface area contributed by atoms with Gasteiger partial charge in [-0.3, -0.25) is 4.99 Å². The number of aliphatic hydroxyl groups is 1. The first-order valence-electron chi connectivity index (χ1n) is 4.06. The van der Waals surface area contributed by atoms with Crippen LogP contribution in [-0.4, -0.2) is 28.0 Å². The molecule has 1 aliphatic heterocycles. The predicted molar refractivity (Wildman–Crippen MR) is 50.3 cm³/mol. The summed E-state index contributed by atoms with van der Waals surface area (Å²) in [5.74, 6) is 0. The Morgan fingerprint density at radius 1 is 1.64 bits per heavy atom. The summed E-state index contributed by atoms with van der Waals surface area (Å²) in [5, 5.41) is 10.4. The van der Waals surface area contributed by atoms with Gasteiger partial charge in [0.25, 0.3) is 0 Å². The van der Waals surface area contributed by atoms with Gasteiger partial charge in [0, 0.05) is 11.9 Å². The number of hydrogen-bond donors (Lipinski definition) is 1. The fourth-order valence-corrected chi connectivity index (χ4v) is 2.52. The Morgan fingerprint density at radius 2 is 2.36 bits per heavy atom. The van der Waals surface area contributed by atoms with Crippen molar-refractivity contribution in [2.45, 2.75) is 38.0 Å². The molecule has 1 heterocycles. The molecular weight excluding hydrogens is 158 g/mol. The van der Waals surface area contributed by atoms with Gasteiger partial charge in [-0.15, -0.1) is 11.8 Å². The van der Waals surface area contributed by atoms with Crippen LogP contribution in [0.25, 0.3) is 0 Å². The summed E-state index contributed by atoms with van der Waals surface area (Å²) < 4.78 is 0. The highest BCUT2D eigenvalue weighted by Crippen LogP contribution is 2.29. The molecule has 0 aromatic carbocycles. The van der Waals surface area contributed by atoms with E-state index >= 15 is 0 Å². The van der Waals surface area contributed by atoms with E-state index in [0.29, 0.717) is 17.9 Å². The number of aliphatic hydroxyl groups excluding tert-OH is 1. The lowest BCUT2D eigenvalue weighted by Gasteiger charge is -2.11. The maximum absolute atomic E-state index is 8.63. The monoisotopic (exact) mass is 173 g/mol. The molecule has 11 heavy (non-hydrogen) atoms. The Hall–Kier alpha value is -0.0200. The minimum atomic E-state index is 0.308. The van der Waals surface area contributed by atoms with Gasteiger partial charge in [0.2, 0.25) is 0 Å². The SMILES string of the molecule is CC1=NC(C)C(CCCO)S1. The van der Waals surface area contributed by atoms with Gasteiger partial charge in [0.1, 0.15) is 0 Å². The van der Waals surface area contributed by atoms with Gasteiger partial charge in [0.15, 0.2) is 0 Å². The molecule has 0 radical (unpaired) electrons. The Balaban J connectivity index is 2.28. The maximum atomic E-state index is 8.63. The molecule has 2 atom stereocenters. The van der Waals surface area contributed by atoms with Crippen LogP contribution in [0.4, 0.5) is 0 Å². The number of aliphatic imine (C=N–C) groups is 1. The Kier molecular flexibility index (Phi) is 3.40. The average Bonchev–Trinajstić information content (AvgIpc) is 2.26. The Morgan fingerprint density at radius 3 is 2.82 bits per heavy atom. The van der Waals surface area contributed by atoms with Gasteiger partial charge in [-0.25, -0.2) is 0 Å². The average molecular weight is 173 g/mol. The maximum Gasteiger partial charge on any atom is 0.0652 e. The van der Waals surface area contributed by atoms with Crippen molar-refractivity contribution in [3.05, 3.63) is 0 Å². The molecule has 3 heteroatoms. The highest BCUT2D eigenvalue weighted by molar-refractivity contribution is 8.14. The highest BCUT2D eigenvalue weighted by Gasteiger charge is 2.23. The van der Waals surface area contributed by atoms with E-state index in [-0.39, 0.29) is 0 Å². The van der Waals surface area contributed by atoms with Crippen molar-refractivity contribution in [1.82, 2.24) is 0 Å². The Bertz CT molecular complexity index is 158. The lowest BCUT2D eigenvalue weighted by Crippen LogP contribution is -2.13. The first kappa shape index (κ1) is 9.07. The minimum absolute atomic E-state index is 0.308. The number of nitrogens with zero attached hydrogens (tertiary/aromatic N) is 1. The van der Waals surface area contributed by atoms with E-state index in [9.17, 15) is 0 Å². The molecule has 1 N–H and O–H groups in total. The molecule has 0 aromatic rings. The van der Waals surface area contributed by atoms with Crippen LogP contribution in [0, 0.1) is 0 Å². The first-order chi connectivity index (χ1) is 5.24. The molecular formula is C8H15NOS. The highest BCUT2D eigenvalue weighted by atomic mass is 32.2. The summed E-state index contributed by atoms with van der Waals surface area (Å²) >= 11 is 1.85.